The maximum atomic E-state index is 15.1. The average molecular weight is 566 g/mol. The summed E-state index contributed by atoms with van der Waals surface area (Å²) in [4.78, 5) is 18.3. The van der Waals surface area contributed by atoms with Crippen molar-refractivity contribution in [1.82, 2.24) is 14.9 Å². The number of esters is 1. The lowest BCUT2D eigenvalue weighted by atomic mass is 9.81. The number of ether oxygens (including phenoxy) is 1. The molecule has 0 amide bonds. The molecule has 39 heavy (non-hydrogen) atoms. The molecular weight excluding hydrogens is 537 g/mol. The normalized spacial score (nSPS) is 26.1. The summed E-state index contributed by atoms with van der Waals surface area (Å²) in [5.74, 6) is -0.590. The molecule has 4 heterocycles. The summed E-state index contributed by atoms with van der Waals surface area (Å²) in [5, 5.41) is 25.4. The van der Waals surface area contributed by atoms with E-state index in [1.54, 1.807) is 6.92 Å². The lowest BCUT2D eigenvalue weighted by molar-refractivity contribution is -0.172. The van der Waals surface area contributed by atoms with Crippen LogP contribution in [0.1, 0.15) is 65.6 Å². The number of rotatable bonds is 4. The monoisotopic (exact) mass is 565 g/mol. The zero-order valence-electron chi connectivity index (χ0n) is 21.6. The maximum absolute atomic E-state index is 15.1. The minimum absolute atomic E-state index is 0.00855. The second-order valence-corrected chi connectivity index (χ2v) is 12.0. The molecule has 1 saturated carbocycles. The first-order valence-corrected chi connectivity index (χ1v) is 14.2. The molecule has 7 rings (SSSR count). The Bertz CT molecular complexity index is 1700. The molecule has 0 spiro atoms. The van der Waals surface area contributed by atoms with E-state index in [0.29, 0.717) is 51.2 Å². The number of nitrogens with zero attached hydrogens (tertiary/aromatic N) is 2. The number of fused-ring (bicyclic) bond motifs is 5. The average Bonchev–Trinajstić information content (AvgIpc) is 3.64. The first-order valence-electron chi connectivity index (χ1n) is 13.4. The zero-order chi connectivity index (χ0) is 27.4. The minimum atomic E-state index is -1.79. The summed E-state index contributed by atoms with van der Waals surface area (Å²) in [6.07, 6.45) is 2.47. The number of carbonyl (C=O) groups excluding carboxylic acids is 1. The van der Waals surface area contributed by atoms with Gasteiger partial charge < -0.3 is 24.8 Å². The third kappa shape index (κ3) is 3.44. The highest BCUT2D eigenvalue weighted by Gasteiger charge is 2.45. The van der Waals surface area contributed by atoms with Crippen LogP contribution in [-0.4, -0.2) is 37.3 Å². The number of hydrogen-bond acceptors (Lipinski definition) is 7. The Morgan fingerprint density at radius 1 is 1.33 bits per heavy atom. The van der Waals surface area contributed by atoms with Crippen molar-refractivity contribution >= 4 is 46.3 Å². The Labute approximate surface area is 235 Å². The molecule has 2 aliphatic carbocycles. The Morgan fingerprint density at radius 3 is 2.85 bits per heavy atom. The van der Waals surface area contributed by atoms with Gasteiger partial charge in [-0.25, -0.2) is 14.2 Å². The van der Waals surface area contributed by atoms with E-state index < -0.39 is 11.6 Å². The lowest BCUT2D eigenvalue weighted by Gasteiger charge is -2.32. The highest BCUT2D eigenvalue weighted by molar-refractivity contribution is 7.80. The van der Waals surface area contributed by atoms with E-state index in [4.69, 9.17) is 34.2 Å². The summed E-state index contributed by atoms with van der Waals surface area (Å²) < 4.78 is 22.9. The van der Waals surface area contributed by atoms with Crippen molar-refractivity contribution in [1.29, 1.82) is 0 Å². The van der Waals surface area contributed by atoms with E-state index in [-0.39, 0.29) is 43.3 Å². The number of halogens is 1. The van der Waals surface area contributed by atoms with Crippen molar-refractivity contribution in [2.45, 2.75) is 64.3 Å². The molecule has 0 unspecified atom stereocenters. The van der Waals surface area contributed by atoms with Crippen LogP contribution in [0.3, 0.4) is 0 Å². The number of benzene rings is 1. The van der Waals surface area contributed by atoms with Gasteiger partial charge in [0.1, 0.15) is 17.1 Å². The van der Waals surface area contributed by atoms with Gasteiger partial charge in [-0.05, 0) is 61.3 Å². The fourth-order valence-electron chi connectivity index (χ4n) is 6.75. The SMILES string of the molecule is CC[C@@]1(O)C(=O)OCc2c1cc1n(c2=S)Cc2c-1nc1cc(F)c(C)c3c1c2[C@@H](NC(=S)[C@H]1C[C@@H]1CO)CC3. The van der Waals surface area contributed by atoms with Crippen LogP contribution in [0.5, 0.6) is 0 Å². The molecule has 10 heteroatoms. The largest absolute Gasteiger partial charge is 0.458 e. The fraction of sp³-hybridized carbons (Fsp3) is 0.448. The maximum Gasteiger partial charge on any atom is 0.343 e. The van der Waals surface area contributed by atoms with Crippen molar-refractivity contribution in [2.24, 2.45) is 11.8 Å². The molecule has 2 aromatic heterocycles. The number of carbonyl (C=O) groups is 1. The quantitative estimate of drug-likeness (QED) is 0.247. The van der Waals surface area contributed by atoms with E-state index in [1.807, 2.05) is 17.6 Å². The molecule has 4 aliphatic rings. The number of thiocarbonyl (C=S) groups is 1. The first kappa shape index (κ1) is 25.2. The highest BCUT2D eigenvalue weighted by atomic mass is 32.1. The Balaban J connectivity index is 1.45. The van der Waals surface area contributed by atoms with Crippen LogP contribution in [0.2, 0.25) is 0 Å². The summed E-state index contributed by atoms with van der Waals surface area (Å²) in [6.45, 7) is 4.15. The molecule has 202 valence electrons. The van der Waals surface area contributed by atoms with Gasteiger partial charge in [-0.2, -0.15) is 0 Å². The van der Waals surface area contributed by atoms with Gasteiger partial charge in [0.2, 0.25) is 0 Å². The van der Waals surface area contributed by atoms with E-state index in [9.17, 15) is 15.0 Å². The molecule has 3 aromatic rings. The lowest BCUT2D eigenvalue weighted by Crippen LogP contribution is -2.41. The molecule has 1 fully saturated rings. The standard InChI is InChI=1S/C29H28FN3O4S2/c1-3-29(36)18-7-22-25-16(9-33(22)27(39)17(18)11-37-28(29)35)24-20(32-26(38)15-6-13(15)10-34)5-4-14-12(2)19(30)8-21(31-25)23(14)24/h7-8,13,15,20,34,36H,3-6,9-11H2,1-2H3,(H,32,38)/t13-,15+,20+,29+/m1/s1. The minimum Gasteiger partial charge on any atom is -0.458 e. The summed E-state index contributed by atoms with van der Waals surface area (Å²) in [7, 11) is 0. The highest BCUT2D eigenvalue weighted by Crippen LogP contribution is 2.48. The van der Waals surface area contributed by atoms with Crippen molar-refractivity contribution in [3.8, 4) is 11.4 Å². The Morgan fingerprint density at radius 2 is 2.13 bits per heavy atom. The molecule has 4 atom stereocenters. The van der Waals surface area contributed by atoms with Crippen molar-refractivity contribution in [3.63, 3.8) is 0 Å². The number of aliphatic hydroxyl groups is 2. The number of aromatic nitrogens is 2. The topological polar surface area (TPSA) is 96.6 Å². The Hall–Kier alpha value is -2.79. The number of pyridine rings is 2. The number of nitrogens with one attached hydrogen (secondary N) is 1. The van der Waals surface area contributed by atoms with Crippen LogP contribution in [0.4, 0.5) is 4.39 Å². The number of aryl methyl sites for hydroxylation is 1. The van der Waals surface area contributed by atoms with Gasteiger partial charge >= 0.3 is 5.97 Å². The third-order valence-corrected chi connectivity index (χ3v) is 10.1. The fourth-order valence-corrected chi connectivity index (χ4v) is 7.51. The van der Waals surface area contributed by atoms with Gasteiger partial charge in [0.25, 0.3) is 0 Å². The molecule has 7 nitrogen and oxygen atoms in total. The van der Waals surface area contributed by atoms with Crippen LogP contribution in [0, 0.1) is 29.2 Å². The van der Waals surface area contributed by atoms with Crippen LogP contribution in [0.15, 0.2) is 12.1 Å². The van der Waals surface area contributed by atoms with E-state index >= 15 is 4.39 Å². The van der Waals surface area contributed by atoms with Gasteiger partial charge in [-0.1, -0.05) is 31.4 Å². The van der Waals surface area contributed by atoms with Crippen LogP contribution >= 0.6 is 24.4 Å². The second-order valence-electron chi connectivity index (χ2n) is 11.2. The molecule has 1 aromatic carbocycles. The summed E-state index contributed by atoms with van der Waals surface area (Å²) in [5.41, 5.74) is 4.90. The zero-order valence-corrected chi connectivity index (χ0v) is 23.3. The third-order valence-electron chi connectivity index (χ3n) is 9.19. The second kappa shape index (κ2) is 8.60. The molecule has 0 saturated heterocycles. The number of cyclic esters (lactones) is 1. The van der Waals surface area contributed by atoms with E-state index in [2.05, 4.69) is 5.32 Å². The molecule has 2 aliphatic heterocycles. The molecule has 3 N–H and O–H groups in total. The van der Waals surface area contributed by atoms with Crippen molar-refractivity contribution < 1.29 is 24.1 Å². The van der Waals surface area contributed by atoms with Crippen LogP contribution in [0.25, 0.3) is 22.3 Å². The van der Waals surface area contributed by atoms with E-state index in [0.717, 1.165) is 39.9 Å². The molecule has 0 bridgehead atoms. The summed E-state index contributed by atoms with van der Waals surface area (Å²) >= 11 is 11.7. The van der Waals surface area contributed by atoms with Crippen LogP contribution in [-0.2, 0) is 34.7 Å². The van der Waals surface area contributed by atoms with Crippen LogP contribution < -0.4 is 5.32 Å². The number of aliphatic hydroxyl groups excluding tert-OH is 1. The predicted octanol–water partition coefficient (Wildman–Crippen LogP) is 4.43. The van der Waals surface area contributed by atoms with Crippen molar-refractivity contribution in [2.75, 3.05) is 6.61 Å². The smallest absolute Gasteiger partial charge is 0.343 e. The first-order chi connectivity index (χ1) is 18.7. The summed E-state index contributed by atoms with van der Waals surface area (Å²) in [6, 6.07) is 3.21. The predicted molar refractivity (Wildman–Crippen MR) is 149 cm³/mol. The van der Waals surface area contributed by atoms with Gasteiger partial charge in [0, 0.05) is 40.7 Å². The Kier molecular flexibility index (Phi) is 5.56. The van der Waals surface area contributed by atoms with Gasteiger partial charge in [0.15, 0.2) is 5.60 Å². The number of hydrogen-bond donors (Lipinski definition) is 3. The van der Waals surface area contributed by atoms with Gasteiger partial charge in [-0.3, -0.25) is 0 Å². The van der Waals surface area contributed by atoms with Gasteiger partial charge in [-0.15, -0.1) is 0 Å². The van der Waals surface area contributed by atoms with E-state index in [1.165, 1.54) is 6.07 Å². The molecular formula is C29H28FN3O4S2. The van der Waals surface area contributed by atoms with Gasteiger partial charge in [0.05, 0.1) is 34.5 Å². The molecule has 0 radical (unpaired) electrons. The van der Waals surface area contributed by atoms with Crippen molar-refractivity contribution in [3.05, 3.63) is 56.0 Å².